The lowest BCUT2D eigenvalue weighted by Gasteiger charge is -2.24. The number of para-hydroxylation sites is 1. The first-order valence-corrected chi connectivity index (χ1v) is 6.99. The molecule has 1 aliphatic rings. The lowest BCUT2D eigenvalue weighted by molar-refractivity contribution is 0.637. The van der Waals surface area contributed by atoms with Crippen molar-refractivity contribution < 1.29 is 0 Å². The van der Waals surface area contributed by atoms with Crippen molar-refractivity contribution in [3.8, 4) is 0 Å². The molecule has 3 nitrogen and oxygen atoms in total. The van der Waals surface area contributed by atoms with Gasteiger partial charge in [0.2, 0.25) is 0 Å². The predicted molar refractivity (Wildman–Crippen MR) is 79.9 cm³/mol. The maximum Gasteiger partial charge on any atom is 0.0786 e. The van der Waals surface area contributed by atoms with Crippen LogP contribution < -0.4 is 15.5 Å². The summed E-state index contributed by atoms with van der Waals surface area (Å²) in [6.45, 7) is 2.23. The van der Waals surface area contributed by atoms with Gasteiger partial charge in [0, 0.05) is 20.1 Å². The number of nitrogens with one attached hydrogen (secondary N) is 2. The molecule has 1 unspecified atom stereocenters. The van der Waals surface area contributed by atoms with Crippen LogP contribution in [0.15, 0.2) is 18.2 Å². The van der Waals surface area contributed by atoms with Gasteiger partial charge < -0.3 is 15.5 Å². The lowest BCUT2D eigenvalue weighted by Crippen LogP contribution is -2.23. The second kappa shape index (κ2) is 6.30. The van der Waals surface area contributed by atoms with Crippen LogP contribution in [0.2, 0.25) is 5.02 Å². The molecule has 0 bridgehead atoms. The molecule has 0 saturated carbocycles. The Kier molecular flexibility index (Phi) is 4.72. The van der Waals surface area contributed by atoms with E-state index in [9.17, 15) is 0 Å². The monoisotopic (exact) mass is 267 g/mol. The Morgan fingerprint density at radius 2 is 2.11 bits per heavy atom. The molecule has 1 saturated heterocycles. The van der Waals surface area contributed by atoms with E-state index in [1.807, 2.05) is 26.2 Å². The van der Waals surface area contributed by atoms with E-state index in [1.54, 1.807) is 0 Å². The van der Waals surface area contributed by atoms with Gasteiger partial charge in [0.25, 0.3) is 0 Å². The summed E-state index contributed by atoms with van der Waals surface area (Å²) in [5.74, 6) is 0. The van der Waals surface area contributed by atoms with E-state index < -0.39 is 0 Å². The Bertz CT molecular complexity index is 385. The van der Waals surface area contributed by atoms with Gasteiger partial charge in [-0.3, -0.25) is 0 Å². The topological polar surface area (TPSA) is 27.3 Å². The van der Waals surface area contributed by atoms with Gasteiger partial charge in [-0.25, -0.2) is 0 Å². The molecule has 0 amide bonds. The van der Waals surface area contributed by atoms with Crippen molar-refractivity contribution in [3.63, 3.8) is 0 Å². The average molecular weight is 268 g/mol. The Hall–Kier alpha value is -0.930. The first kappa shape index (κ1) is 13.5. The fourth-order valence-electron chi connectivity index (χ4n) is 2.47. The number of hydrogen-bond donors (Lipinski definition) is 2. The Morgan fingerprint density at radius 3 is 2.89 bits per heavy atom. The summed E-state index contributed by atoms with van der Waals surface area (Å²) in [5.41, 5.74) is 2.22. The SMILES string of the molecule is CN(C)c1c(Cl)cccc1NC1CCCNCC1. The third-order valence-electron chi connectivity index (χ3n) is 3.37. The van der Waals surface area contributed by atoms with Crippen molar-refractivity contribution in [2.45, 2.75) is 25.3 Å². The van der Waals surface area contributed by atoms with Crippen molar-refractivity contribution in [2.75, 3.05) is 37.4 Å². The summed E-state index contributed by atoms with van der Waals surface area (Å²) in [4.78, 5) is 2.07. The minimum atomic E-state index is 0.539. The van der Waals surface area contributed by atoms with Crippen LogP contribution in [0.5, 0.6) is 0 Å². The summed E-state index contributed by atoms with van der Waals surface area (Å²) in [5, 5.41) is 7.88. The minimum Gasteiger partial charge on any atom is -0.381 e. The molecule has 2 rings (SSSR count). The zero-order chi connectivity index (χ0) is 13.0. The number of rotatable bonds is 3. The fourth-order valence-corrected chi connectivity index (χ4v) is 2.81. The maximum absolute atomic E-state index is 6.28. The number of anilines is 2. The van der Waals surface area contributed by atoms with Gasteiger partial charge in [0.15, 0.2) is 0 Å². The molecule has 100 valence electrons. The minimum absolute atomic E-state index is 0.539. The molecule has 1 atom stereocenters. The number of hydrogen-bond acceptors (Lipinski definition) is 3. The highest BCUT2D eigenvalue weighted by Gasteiger charge is 2.15. The molecular weight excluding hydrogens is 246 g/mol. The number of halogens is 1. The predicted octanol–water partition coefficient (Wildman–Crippen LogP) is 2.96. The molecular formula is C14H22ClN3. The van der Waals surface area contributed by atoms with Crippen LogP contribution in [0.3, 0.4) is 0 Å². The van der Waals surface area contributed by atoms with Gasteiger partial charge in [-0.1, -0.05) is 17.7 Å². The Balaban J connectivity index is 2.14. The first-order valence-electron chi connectivity index (χ1n) is 6.61. The van der Waals surface area contributed by atoms with Crippen molar-refractivity contribution >= 4 is 23.0 Å². The zero-order valence-corrected chi connectivity index (χ0v) is 11.9. The molecule has 0 spiro atoms. The van der Waals surface area contributed by atoms with Crippen LogP contribution in [0.25, 0.3) is 0 Å². The first-order chi connectivity index (χ1) is 8.68. The zero-order valence-electron chi connectivity index (χ0n) is 11.2. The Morgan fingerprint density at radius 1 is 1.28 bits per heavy atom. The van der Waals surface area contributed by atoms with Crippen molar-refractivity contribution in [1.29, 1.82) is 0 Å². The highest BCUT2D eigenvalue weighted by atomic mass is 35.5. The van der Waals surface area contributed by atoms with Gasteiger partial charge in [-0.05, 0) is 44.5 Å². The van der Waals surface area contributed by atoms with E-state index in [-0.39, 0.29) is 0 Å². The van der Waals surface area contributed by atoms with Crippen LogP contribution in [0, 0.1) is 0 Å². The van der Waals surface area contributed by atoms with E-state index in [1.165, 1.54) is 19.3 Å². The van der Waals surface area contributed by atoms with E-state index in [4.69, 9.17) is 11.6 Å². The summed E-state index contributed by atoms with van der Waals surface area (Å²) >= 11 is 6.28. The van der Waals surface area contributed by atoms with Gasteiger partial charge in [0.05, 0.1) is 16.4 Å². The second-order valence-electron chi connectivity index (χ2n) is 5.05. The fraction of sp³-hybridized carbons (Fsp3) is 0.571. The smallest absolute Gasteiger partial charge is 0.0786 e. The van der Waals surface area contributed by atoms with Gasteiger partial charge in [0.1, 0.15) is 0 Å². The third-order valence-corrected chi connectivity index (χ3v) is 3.67. The second-order valence-corrected chi connectivity index (χ2v) is 5.46. The quantitative estimate of drug-likeness (QED) is 0.882. The molecule has 0 aliphatic carbocycles. The van der Waals surface area contributed by atoms with Crippen LogP contribution in [0.4, 0.5) is 11.4 Å². The highest BCUT2D eigenvalue weighted by Crippen LogP contribution is 2.33. The van der Waals surface area contributed by atoms with E-state index in [0.717, 1.165) is 29.5 Å². The molecule has 2 N–H and O–H groups in total. The summed E-state index contributed by atoms with van der Waals surface area (Å²) < 4.78 is 0. The Labute approximate surface area is 115 Å². The van der Waals surface area contributed by atoms with Gasteiger partial charge in [-0.15, -0.1) is 0 Å². The van der Waals surface area contributed by atoms with Crippen LogP contribution in [-0.4, -0.2) is 33.2 Å². The van der Waals surface area contributed by atoms with Crippen molar-refractivity contribution in [1.82, 2.24) is 5.32 Å². The normalized spacial score (nSPS) is 20.3. The molecule has 0 aromatic heterocycles. The average Bonchev–Trinajstić information content (AvgIpc) is 2.57. The largest absolute Gasteiger partial charge is 0.381 e. The molecule has 1 fully saturated rings. The lowest BCUT2D eigenvalue weighted by atomic mass is 10.1. The standard InChI is InChI=1S/C14H22ClN3/c1-18(2)14-12(15)6-3-7-13(14)17-11-5-4-9-16-10-8-11/h3,6-7,11,16-17H,4-5,8-10H2,1-2H3. The van der Waals surface area contributed by atoms with E-state index in [0.29, 0.717) is 6.04 Å². The van der Waals surface area contributed by atoms with Gasteiger partial charge >= 0.3 is 0 Å². The summed E-state index contributed by atoms with van der Waals surface area (Å²) in [6, 6.07) is 6.60. The molecule has 0 radical (unpaired) electrons. The molecule has 1 heterocycles. The maximum atomic E-state index is 6.28. The van der Waals surface area contributed by atoms with Crippen molar-refractivity contribution in [3.05, 3.63) is 23.2 Å². The molecule has 1 aliphatic heterocycles. The van der Waals surface area contributed by atoms with Gasteiger partial charge in [-0.2, -0.15) is 0 Å². The molecule has 1 aromatic rings. The highest BCUT2D eigenvalue weighted by molar-refractivity contribution is 6.34. The molecule has 4 heteroatoms. The van der Waals surface area contributed by atoms with Crippen LogP contribution in [-0.2, 0) is 0 Å². The number of nitrogens with zero attached hydrogens (tertiary/aromatic N) is 1. The molecule has 18 heavy (non-hydrogen) atoms. The molecule has 1 aromatic carbocycles. The number of benzene rings is 1. The van der Waals surface area contributed by atoms with Crippen LogP contribution >= 0.6 is 11.6 Å². The van der Waals surface area contributed by atoms with Crippen molar-refractivity contribution in [2.24, 2.45) is 0 Å². The van der Waals surface area contributed by atoms with E-state index >= 15 is 0 Å². The van der Waals surface area contributed by atoms with Crippen LogP contribution in [0.1, 0.15) is 19.3 Å². The summed E-state index contributed by atoms with van der Waals surface area (Å²) in [7, 11) is 4.06. The third kappa shape index (κ3) is 3.30. The van der Waals surface area contributed by atoms with E-state index in [2.05, 4.69) is 21.6 Å². The summed E-state index contributed by atoms with van der Waals surface area (Å²) in [6.07, 6.45) is 3.61.